The van der Waals surface area contributed by atoms with Crippen molar-refractivity contribution in [2.75, 3.05) is 4.90 Å². The van der Waals surface area contributed by atoms with E-state index in [4.69, 9.17) is 0 Å². The highest BCUT2D eigenvalue weighted by molar-refractivity contribution is 6.15. The van der Waals surface area contributed by atoms with Crippen molar-refractivity contribution in [2.24, 2.45) is 0 Å². The lowest BCUT2D eigenvalue weighted by Crippen LogP contribution is -2.09. The number of aromatic nitrogens is 1. The Kier molecular flexibility index (Phi) is 7.18. The highest BCUT2D eigenvalue weighted by Crippen LogP contribution is 2.41. The molecular formula is C50H34N2. The molecule has 0 aliphatic rings. The second kappa shape index (κ2) is 12.5. The van der Waals surface area contributed by atoms with Crippen molar-refractivity contribution in [1.82, 2.24) is 4.57 Å². The van der Waals surface area contributed by atoms with E-state index in [1.807, 2.05) is 0 Å². The van der Waals surface area contributed by atoms with Crippen molar-refractivity contribution in [1.29, 1.82) is 0 Å². The molecule has 1 heterocycles. The summed E-state index contributed by atoms with van der Waals surface area (Å²) in [6, 6.07) is 74.7. The largest absolute Gasteiger partial charge is 0.310 e. The summed E-state index contributed by atoms with van der Waals surface area (Å²) in [4.78, 5) is 2.36. The number of anilines is 3. The molecule has 0 fully saturated rings. The molecule has 1 aromatic heterocycles. The Labute approximate surface area is 303 Å². The molecule has 0 bridgehead atoms. The molecule has 0 saturated carbocycles. The molecule has 0 atom stereocenters. The van der Waals surface area contributed by atoms with Gasteiger partial charge in [0.05, 0.1) is 11.0 Å². The third kappa shape index (κ3) is 5.12. The molecule has 0 N–H and O–H groups in total. The fraction of sp³-hybridized carbons (Fsp3) is 0. The zero-order valence-electron chi connectivity index (χ0n) is 28.5. The van der Waals surface area contributed by atoms with Gasteiger partial charge < -0.3 is 9.47 Å². The van der Waals surface area contributed by atoms with Gasteiger partial charge in [0.1, 0.15) is 0 Å². The molecule has 52 heavy (non-hydrogen) atoms. The van der Waals surface area contributed by atoms with E-state index in [0.29, 0.717) is 0 Å². The van der Waals surface area contributed by atoms with Gasteiger partial charge in [-0.15, -0.1) is 0 Å². The summed E-state index contributed by atoms with van der Waals surface area (Å²) in [6.07, 6.45) is 0. The van der Waals surface area contributed by atoms with Crippen LogP contribution in [0.2, 0.25) is 0 Å². The number of hydrogen-bond acceptors (Lipinski definition) is 1. The zero-order chi connectivity index (χ0) is 34.4. The Morgan fingerprint density at radius 3 is 1.60 bits per heavy atom. The maximum absolute atomic E-state index is 2.38. The zero-order valence-corrected chi connectivity index (χ0v) is 28.5. The van der Waals surface area contributed by atoms with Crippen LogP contribution in [0.5, 0.6) is 0 Å². The van der Waals surface area contributed by atoms with E-state index in [9.17, 15) is 0 Å². The molecular weight excluding hydrogens is 629 g/mol. The highest BCUT2D eigenvalue weighted by atomic mass is 15.1. The number of para-hydroxylation sites is 2. The molecule has 244 valence electrons. The van der Waals surface area contributed by atoms with Crippen LogP contribution in [0, 0.1) is 0 Å². The predicted molar refractivity (Wildman–Crippen MR) is 221 cm³/mol. The number of benzene rings is 9. The average Bonchev–Trinajstić information content (AvgIpc) is 3.56. The SMILES string of the molecule is c1ccc(-n2c3ccccc3c3c(-c4cccc(-c5ccc(N(c6ccc7ccccc7c6)c6ccc7ccccc7c6)cc5)c4)cccc32)cc1. The van der Waals surface area contributed by atoms with Crippen LogP contribution in [0.1, 0.15) is 0 Å². The van der Waals surface area contributed by atoms with Crippen LogP contribution in [0.25, 0.3) is 71.3 Å². The van der Waals surface area contributed by atoms with Crippen LogP contribution in [0.3, 0.4) is 0 Å². The van der Waals surface area contributed by atoms with Gasteiger partial charge in [0.15, 0.2) is 0 Å². The molecule has 0 aliphatic carbocycles. The van der Waals surface area contributed by atoms with Crippen LogP contribution >= 0.6 is 0 Å². The molecule has 10 aromatic rings. The lowest BCUT2D eigenvalue weighted by Gasteiger charge is -2.26. The van der Waals surface area contributed by atoms with Gasteiger partial charge in [0, 0.05) is 33.5 Å². The van der Waals surface area contributed by atoms with Crippen molar-refractivity contribution in [3.63, 3.8) is 0 Å². The van der Waals surface area contributed by atoms with Crippen LogP contribution in [-0.2, 0) is 0 Å². The van der Waals surface area contributed by atoms with E-state index in [1.54, 1.807) is 0 Å². The predicted octanol–water partition coefficient (Wildman–Crippen LogP) is 13.9. The molecule has 0 radical (unpaired) electrons. The first-order chi connectivity index (χ1) is 25.8. The molecule has 0 unspecified atom stereocenters. The number of nitrogens with zero attached hydrogens (tertiary/aromatic N) is 2. The summed E-state index contributed by atoms with van der Waals surface area (Å²) >= 11 is 0. The van der Waals surface area contributed by atoms with Gasteiger partial charge in [-0.1, -0.05) is 140 Å². The van der Waals surface area contributed by atoms with Crippen molar-refractivity contribution >= 4 is 60.4 Å². The van der Waals surface area contributed by atoms with Crippen LogP contribution in [0.4, 0.5) is 17.1 Å². The van der Waals surface area contributed by atoms with Gasteiger partial charge in [-0.2, -0.15) is 0 Å². The van der Waals surface area contributed by atoms with E-state index in [2.05, 4.69) is 216 Å². The molecule has 10 rings (SSSR count). The van der Waals surface area contributed by atoms with Crippen molar-refractivity contribution in [3.05, 3.63) is 206 Å². The van der Waals surface area contributed by atoms with E-state index in [-0.39, 0.29) is 0 Å². The van der Waals surface area contributed by atoms with Gasteiger partial charge >= 0.3 is 0 Å². The summed E-state index contributed by atoms with van der Waals surface area (Å²) in [7, 11) is 0. The minimum atomic E-state index is 1.11. The molecule has 9 aromatic carbocycles. The monoisotopic (exact) mass is 662 g/mol. The van der Waals surface area contributed by atoms with Gasteiger partial charge in [-0.3, -0.25) is 0 Å². The van der Waals surface area contributed by atoms with E-state index in [0.717, 1.165) is 17.1 Å². The fourth-order valence-electron chi connectivity index (χ4n) is 7.86. The van der Waals surface area contributed by atoms with Crippen molar-refractivity contribution in [3.8, 4) is 27.9 Å². The van der Waals surface area contributed by atoms with Gasteiger partial charge in [-0.25, -0.2) is 0 Å². The third-order valence-electron chi connectivity index (χ3n) is 10.3. The summed E-state index contributed by atoms with van der Waals surface area (Å²) in [5, 5.41) is 7.45. The number of hydrogen-bond donors (Lipinski definition) is 0. The highest BCUT2D eigenvalue weighted by Gasteiger charge is 2.17. The van der Waals surface area contributed by atoms with Gasteiger partial charge in [0.2, 0.25) is 0 Å². The third-order valence-corrected chi connectivity index (χ3v) is 10.3. The van der Waals surface area contributed by atoms with Gasteiger partial charge in [-0.05, 0) is 111 Å². The van der Waals surface area contributed by atoms with Crippen molar-refractivity contribution in [2.45, 2.75) is 0 Å². The van der Waals surface area contributed by atoms with E-state index >= 15 is 0 Å². The Morgan fingerprint density at radius 2 is 0.885 bits per heavy atom. The van der Waals surface area contributed by atoms with Crippen molar-refractivity contribution < 1.29 is 0 Å². The van der Waals surface area contributed by atoms with E-state index < -0.39 is 0 Å². The number of rotatable bonds is 6. The fourth-order valence-corrected chi connectivity index (χ4v) is 7.86. The molecule has 2 nitrogen and oxygen atoms in total. The van der Waals surface area contributed by atoms with Crippen LogP contribution in [0.15, 0.2) is 206 Å². The number of fused-ring (bicyclic) bond motifs is 5. The first kappa shape index (κ1) is 30.0. The summed E-state index contributed by atoms with van der Waals surface area (Å²) in [6.45, 7) is 0. The smallest absolute Gasteiger partial charge is 0.0547 e. The Hall–Kier alpha value is -6.90. The van der Waals surface area contributed by atoms with Gasteiger partial charge in [0.25, 0.3) is 0 Å². The first-order valence-electron chi connectivity index (χ1n) is 17.8. The summed E-state index contributed by atoms with van der Waals surface area (Å²) in [5.74, 6) is 0. The molecule has 2 heteroatoms. The summed E-state index contributed by atoms with van der Waals surface area (Å²) < 4.78 is 2.38. The molecule has 0 amide bonds. The maximum Gasteiger partial charge on any atom is 0.0547 e. The summed E-state index contributed by atoms with van der Waals surface area (Å²) in [5.41, 5.74) is 11.8. The lowest BCUT2D eigenvalue weighted by molar-refractivity contribution is 1.18. The Balaban J connectivity index is 1.07. The average molecular weight is 663 g/mol. The van der Waals surface area contributed by atoms with E-state index in [1.165, 1.54) is 71.3 Å². The Bertz CT molecular complexity index is 2820. The van der Waals surface area contributed by atoms with Crippen LogP contribution in [-0.4, -0.2) is 4.57 Å². The molecule has 0 aliphatic heterocycles. The maximum atomic E-state index is 2.38. The molecule has 0 saturated heterocycles. The second-order valence-electron chi connectivity index (χ2n) is 13.4. The Morgan fingerprint density at radius 1 is 0.327 bits per heavy atom. The second-order valence-corrected chi connectivity index (χ2v) is 13.4. The quantitative estimate of drug-likeness (QED) is 0.172. The van der Waals surface area contributed by atoms with Crippen LogP contribution < -0.4 is 4.90 Å². The first-order valence-corrected chi connectivity index (χ1v) is 17.8. The normalized spacial score (nSPS) is 11.5. The molecule has 0 spiro atoms. The minimum absolute atomic E-state index is 1.11. The topological polar surface area (TPSA) is 8.17 Å². The minimum Gasteiger partial charge on any atom is -0.310 e. The lowest BCUT2D eigenvalue weighted by atomic mass is 9.95. The standard InChI is InChI=1S/C50H34N2/c1-2-18-42(19-3-1)52-48-22-9-8-20-47(48)50-46(21-11-23-49(50)52)41-17-10-16-38(32-41)37-24-28-43(29-25-37)51(44-30-26-35-12-4-6-14-39(35)33-44)45-31-27-36-13-5-7-15-40(36)34-45/h1-34H.